The number of benzene rings is 4. The van der Waals surface area contributed by atoms with Crippen LogP contribution >= 0.6 is 0 Å². The summed E-state index contributed by atoms with van der Waals surface area (Å²) >= 11 is 0. The average Bonchev–Trinajstić information content (AvgIpc) is 2.75. The molecule has 1 amide bonds. The molecule has 1 N–H and O–H groups in total. The van der Waals surface area contributed by atoms with E-state index in [0.717, 1.165) is 21.9 Å². The summed E-state index contributed by atoms with van der Waals surface area (Å²) in [6, 6.07) is 28.4. The minimum atomic E-state index is -0.195. The fourth-order valence-electron chi connectivity index (χ4n) is 3.45. The van der Waals surface area contributed by atoms with Crippen LogP contribution in [0.15, 0.2) is 91.0 Å². The summed E-state index contributed by atoms with van der Waals surface area (Å²) in [6.45, 7) is 2.03. The number of Topliss-reactive ketones (excluding diaryl/α,β-unsaturated/α-hetero) is 1. The Morgan fingerprint density at radius 1 is 0.759 bits per heavy atom. The number of hydrogen-bond acceptors (Lipinski definition) is 2. The third-order valence-electron chi connectivity index (χ3n) is 4.97. The molecule has 0 spiro atoms. The van der Waals surface area contributed by atoms with Gasteiger partial charge < -0.3 is 5.32 Å². The lowest BCUT2D eigenvalue weighted by atomic mass is 9.96. The van der Waals surface area contributed by atoms with E-state index in [1.165, 1.54) is 0 Å². The molecule has 3 heteroatoms. The second-order valence-electron chi connectivity index (χ2n) is 7.11. The molecule has 0 unspecified atom stereocenters. The Labute approximate surface area is 170 Å². The number of aryl methyl sites for hydroxylation is 1. The van der Waals surface area contributed by atoms with Gasteiger partial charge in [-0.05, 0) is 36.1 Å². The van der Waals surface area contributed by atoms with Crippen LogP contribution in [0.25, 0.3) is 10.8 Å². The number of anilines is 1. The smallest absolute Gasteiger partial charge is 0.255 e. The number of nitrogens with one attached hydrogen (secondary N) is 1. The van der Waals surface area contributed by atoms with Crippen molar-refractivity contribution in [2.45, 2.75) is 13.3 Å². The van der Waals surface area contributed by atoms with Gasteiger partial charge in [0.1, 0.15) is 0 Å². The Morgan fingerprint density at radius 3 is 2.17 bits per heavy atom. The molecule has 0 aliphatic rings. The average molecular weight is 379 g/mol. The van der Waals surface area contributed by atoms with E-state index in [4.69, 9.17) is 0 Å². The molecule has 29 heavy (non-hydrogen) atoms. The van der Waals surface area contributed by atoms with Crippen molar-refractivity contribution in [1.29, 1.82) is 0 Å². The number of fused-ring (bicyclic) bond motifs is 1. The van der Waals surface area contributed by atoms with Gasteiger partial charge in [-0.25, -0.2) is 0 Å². The third-order valence-corrected chi connectivity index (χ3v) is 4.97. The van der Waals surface area contributed by atoms with Gasteiger partial charge in [-0.3, -0.25) is 9.59 Å². The minimum Gasteiger partial charge on any atom is -0.321 e. The van der Waals surface area contributed by atoms with E-state index in [1.54, 1.807) is 12.1 Å². The summed E-state index contributed by atoms with van der Waals surface area (Å²) in [6.07, 6.45) is 0.320. The van der Waals surface area contributed by atoms with E-state index in [2.05, 4.69) is 5.32 Å². The predicted molar refractivity (Wildman–Crippen MR) is 118 cm³/mol. The first kappa shape index (κ1) is 18.6. The molecule has 4 aromatic carbocycles. The summed E-state index contributed by atoms with van der Waals surface area (Å²) in [5.41, 5.74) is 3.98. The highest BCUT2D eigenvalue weighted by Gasteiger charge is 2.15. The SMILES string of the molecule is Cc1ccc(CC(=O)c2cccc3cccc(NC(=O)c4ccccc4)c23)cc1. The number of ketones is 1. The van der Waals surface area contributed by atoms with Crippen molar-refractivity contribution in [1.82, 2.24) is 0 Å². The number of carbonyl (C=O) groups is 2. The van der Waals surface area contributed by atoms with Crippen LogP contribution in [0.2, 0.25) is 0 Å². The van der Waals surface area contributed by atoms with Crippen molar-refractivity contribution in [2.24, 2.45) is 0 Å². The second kappa shape index (κ2) is 8.11. The highest BCUT2D eigenvalue weighted by molar-refractivity contribution is 6.16. The van der Waals surface area contributed by atoms with Gasteiger partial charge >= 0.3 is 0 Å². The molecule has 0 saturated heterocycles. The number of carbonyl (C=O) groups excluding carboxylic acids is 2. The highest BCUT2D eigenvalue weighted by Crippen LogP contribution is 2.28. The van der Waals surface area contributed by atoms with E-state index in [-0.39, 0.29) is 11.7 Å². The first-order valence-corrected chi connectivity index (χ1v) is 9.59. The molecule has 0 atom stereocenters. The first-order chi connectivity index (χ1) is 14.1. The Hall–Kier alpha value is -3.72. The van der Waals surface area contributed by atoms with Crippen LogP contribution in [0.5, 0.6) is 0 Å². The van der Waals surface area contributed by atoms with Gasteiger partial charge in [0.2, 0.25) is 0 Å². The van der Waals surface area contributed by atoms with Crippen molar-refractivity contribution in [2.75, 3.05) is 5.32 Å². The number of hydrogen-bond donors (Lipinski definition) is 1. The van der Waals surface area contributed by atoms with Gasteiger partial charge in [0, 0.05) is 28.6 Å². The van der Waals surface area contributed by atoms with Crippen molar-refractivity contribution in [3.8, 4) is 0 Å². The molecule has 3 nitrogen and oxygen atoms in total. The van der Waals surface area contributed by atoms with E-state index in [1.807, 2.05) is 85.8 Å². The Morgan fingerprint density at radius 2 is 1.45 bits per heavy atom. The largest absolute Gasteiger partial charge is 0.321 e. The fraction of sp³-hybridized carbons (Fsp3) is 0.0769. The molecular weight excluding hydrogens is 358 g/mol. The van der Waals surface area contributed by atoms with Gasteiger partial charge in [0.15, 0.2) is 5.78 Å². The van der Waals surface area contributed by atoms with E-state index in [0.29, 0.717) is 23.2 Å². The normalized spacial score (nSPS) is 10.7. The molecular formula is C26H21NO2. The zero-order valence-electron chi connectivity index (χ0n) is 16.2. The Bertz CT molecular complexity index is 1170. The van der Waals surface area contributed by atoms with Gasteiger partial charge in [-0.15, -0.1) is 0 Å². The zero-order valence-corrected chi connectivity index (χ0v) is 16.2. The predicted octanol–water partition coefficient (Wildman–Crippen LogP) is 5.83. The quantitative estimate of drug-likeness (QED) is 0.444. The zero-order chi connectivity index (χ0) is 20.2. The molecule has 0 fully saturated rings. The second-order valence-corrected chi connectivity index (χ2v) is 7.11. The number of amides is 1. The van der Waals surface area contributed by atoms with Crippen LogP contribution in [0, 0.1) is 6.92 Å². The van der Waals surface area contributed by atoms with E-state index < -0.39 is 0 Å². The molecule has 0 bridgehead atoms. The van der Waals surface area contributed by atoms with Gasteiger partial charge in [0.05, 0.1) is 0 Å². The molecule has 0 radical (unpaired) electrons. The van der Waals surface area contributed by atoms with E-state index in [9.17, 15) is 9.59 Å². The van der Waals surface area contributed by atoms with Crippen molar-refractivity contribution in [3.63, 3.8) is 0 Å². The van der Waals surface area contributed by atoms with Crippen molar-refractivity contribution < 1.29 is 9.59 Å². The molecule has 0 aliphatic heterocycles. The monoisotopic (exact) mass is 379 g/mol. The maximum atomic E-state index is 13.1. The first-order valence-electron chi connectivity index (χ1n) is 9.59. The maximum absolute atomic E-state index is 13.1. The molecule has 142 valence electrons. The van der Waals surface area contributed by atoms with Gasteiger partial charge in [-0.1, -0.05) is 78.4 Å². The summed E-state index contributed by atoms with van der Waals surface area (Å²) < 4.78 is 0. The van der Waals surface area contributed by atoms with Gasteiger partial charge in [0.25, 0.3) is 5.91 Å². The standard InChI is InChI=1S/C26H21NO2/c1-18-13-15-19(16-14-18)17-24(28)22-11-5-9-20-10-6-12-23(25(20)22)27-26(29)21-7-3-2-4-8-21/h2-16H,17H2,1H3,(H,27,29). The molecule has 0 heterocycles. The highest BCUT2D eigenvalue weighted by atomic mass is 16.1. The lowest BCUT2D eigenvalue weighted by molar-refractivity contribution is 0.0991. The summed E-state index contributed by atoms with van der Waals surface area (Å²) in [7, 11) is 0. The van der Waals surface area contributed by atoms with Crippen molar-refractivity contribution >= 4 is 28.2 Å². The van der Waals surface area contributed by atoms with Gasteiger partial charge in [-0.2, -0.15) is 0 Å². The molecule has 0 aliphatic carbocycles. The Balaban J connectivity index is 1.70. The summed E-state index contributed by atoms with van der Waals surface area (Å²) in [5, 5.41) is 4.67. The molecule has 4 rings (SSSR count). The fourth-order valence-corrected chi connectivity index (χ4v) is 3.45. The van der Waals surface area contributed by atoms with Crippen LogP contribution in [-0.2, 0) is 6.42 Å². The summed E-state index contributed by atoms with van der Waals surface area (Å²) in [5.74, 6) is -0.167. The minimum absolute atomic E-state index is 0.0286. The van der Waals surface area contributed by atoms with Crippen LogP contribution in [-0.4, -0.2) is 11.7 Å². The lowest BCUT2D eigenvalue weighted by Crippen LogP contribution is -2.13. The maximum Gasteiger partial charge on any atom is 0.255 e. The van der Waals surface area contributed by atoms with Crippen LogP contribution < -0.4 is 5.32 Å². The number of rotatable bonds is 5. The third kappa shape index (κ3) is 4.09. The Kier molecular flexibility index (Phi) is 5.21. The van der Waals surface area contributed by atoms with Crippen LogP contribution in [0.1, 0.15) is 31.8 Å². The topological polar surface area (TPSA) is 46.2 Å². The summed E-state index contributed by atoms with van der Waals surface area (Å²) in [4.78, 5) is 25.8. The van der Waals surface area contributed by atoms with Crippen LogP contribution in [0.3, 0.4) is 0 Å². The molecule has 0 saturated carbocycles. The molecule has 0 aromatic heterocycles. The van der Waals surface area contributed by atoms with Crippen molar-refractivity contribution in [3.05, 3.63) is 113 Å². The van der Waals surface area contributed by atoms with E-state index >= 15 is 0 Å². The lowest BCUT2D eigenvalue weighted by Gasteiger charge is -2.13. The molecule has 4 aromatic rings. The van der Waals surface area contributed by atoms with Crippen LogP contribution in [0.4, 0.5) is 5.69 Å².